The van der Waals surface area contributed by atoms with Crippen molar-refractivity contribution in [1.82, 2.24) is 15.5 Å². The summed E-state index contributed by atoms with van der Waals surface area (Å²) in [5.74, 6) is 1.49. The van der Waals surface area contributed by atoms with Gasteiger partial charge < -0.3 is 19.5 Å². The van der Waals surface area contributed by atoms with Gasteiger partial charge in [-0.2, -0.15) is 0 Å². The van der Waals surface area contributed by atoms with Gasteiger partial charge in [0.25, 0.3) is 0 Å². The first-order chi connectivity index (χ1) is 13.8. The third-order valence-corrected chi connectivity index (χ3v) is 8.26. The van der Waals surface area contributed by atoms with Crippen molar-refractivity contribution >= 4 is 0 Å². The molecule has 6 fully saturated rings. The highest BCUT2D eigenvalue weighted by Crippen LogP contribution is 2.39. The summed E-state index contributed by atoms with van der Waals surface area (Å²) in [4.78, 5) is 2.64. The molecule has 5 atom stereocenters. The van der Waals surface area contributed by atoms with Crippen LogP contribution in [0.2, 0.25) is 0 Å². The van der Waals surface area contributed by atoms with Crippen LogP contribution < -0.4 is 10.6 Å². The Bertz CT molecular complexity index is 519. The van der Waals surface area contributed by atoms with Crippen molar-refractivity contribution in [3.05, 3.63) is 0 Å². The van der Waals surface area contributed by atoms with E-state index in [9.17, 15) is 0 Å². The number of rotatable bonds is 0. The zero-order chi connectivity index (χ0) is 19.0. The lowest BCUT2D eigenvalue weighted by atomic mass is 9.75. The Kier molecular flexibility index (Phi) is 5.97. The number of fused-ring (bicyclic) bond motifs is 5. The average Bonchev–Trinajstić information content (AvgIpc) is 2.98. The number of piperidine rings is 1. The fourth-order valence-corrected chi connectivity index (χ4v) is 6.81. The first kappa shape index (κ1) is 19.7. The molecule has 0 radical (unpaired) electrons. The Morgan fingerprint density at radius 1 is 1.00 bits per heavy atom. The van der Waals surface area contributed by atoms with Crippen molar-refractivity contribution in [3.63, 3.8) is 0 Å². The zero-order valence-corrected chi connectivity index (χ0v) is 17.5. The first-order valence-electron chi connectivity index (χ1n) is 11.8. The molecule has 1 saturated carbocycles. The van der Waals surface area contributed by atoms with Crippen molar-refractivity contribution in [1.29, 1.82) is 0 Å². The maximum Gasteiger partial charge on any atom is 0.111 e. The van der Waals surface area contributed by atoms with Crippen molar-refractivity contribution in [2.75, 3.05) is 46.1 Å². The molecule has 0 amide bonds. The highest BCUT2D eigenvalue weighted by molar-refractivity contribution is 5.10. The van der Waals surface area contributed by atoms with Gasteiger partial charge in [0.15, 0.2) is 0 Å². The average molecular weight is 394 g/mol. The van der Waals surface area contributed by atoms with Gasteiger partial charge >= 0.3 is 0 Å². The zero-order valence-electron chi connectivity index (χ0n) is 17.5. The molecule has 6 aliphatic rings. The van der Waals surface area contributed by atoms with E-state index in [1.54, 1.807) is 0 Å². The van der Waals surface area contributed by atoms with Crippen LogP contribution in [-0.4, -0.2) is 80.9 Å². The van der Waals surface area contributed by atoms with Gasteiger partial charge in [0, 0.05) is 25.0 Å². The molecule has 28 heavy (non-hydrogen) atoms. The van der Waals surface area contributed by atoms with Gasteiger partial charge in [0.05, 0.1) is 44.1 Å². The number of morpholine rings is 1. The second kappa shape index (κ2) is 8.48. The Morgan fingerprint density at radius 2 is 1.89 bits per heavy atom. The molecule has 5 aliphatic heterocycles. The van der Waals surface area contributed by atoms with Crippen LogP contribution in [0.5, 0.6) is 0 Å². The number of nitrogens with zero attached hydrogens (tertiary/aromatic N) is 1. The van der Waals surface area contributed by atoms with Crippen molar-refractivity contribution < 1.29 is 14.2 Å². The van der Waals surface area contributed by atoms with Crippen LogP contribution in [-0.2, 0) is 14.2 Å². The quantitative estimate of drug-likeness (QED) is 0.654. The molecule has 1 aliphatic carbocycles. The van der Waals surface area contributed by atoms with Crippen LogP contribution in [0.15, 0.2) is 0 Å². The Labute approximate surface area is 170 Å². The molecule has 1 spiro atoms. The SMILES string of the molecule is C[C@@H]1C[C@]2(COCCN2)[C@H]2COC3CCC(CC3)C3CCCNC3OCCN12. The minimum Gasteiger partial charge on any atom is -0.378 e. The van der Waals surface area contributed by atoms with Gasteiger partial charge in [-0.15, -0.1) is 0 Å². The van der Waals surface area contributed by atoms with Crippen LogP contribution in [0.1, 0.15) is 51.9 Å². The van der Waals surface area contributed by atoms with Gasteiger partial charge in [-0.25, -0.2) is 0 Å². The van der Waals surface area contributed by atoms with Crippen molar-refractivity contribution in [2.24, 2.45) is 11.8 Å². The smallest absolute Gasteiger partial charge is 0.111 e. The van der Waals surface area contributed by atoms with Crippen LogP contribution in [0, 0.1) is 11.8 Å². The highest BCUT2D eigenvalue weighted by Gasteiger charge is 2.52. The van der Waals surface area contributed by atoms with Crippen molar-refractivity contribution in [3.8, 4) is 0 Å². The molecule has 2 bridgehead atoms. The minimum atomic E-state index is 0.0423. The van der Waals surface area contributed by atoms with Gasteiger partial charge in [-0.3, -0.25) is 10.2 Å². The lowest BCUT2D eigenvalue weighted by Crippen LogP contribution is -2.63. The number of hydrogen-bond donors (Lipinski definition) is 2. The predicted molar refractivity (Wildman–Crippen MR) is 108 cm³/mol. The topological polar surface area (TPSA) is 55.0 Å². The summed E-state index contributed by atoms with van der Waals surface area (Å²) in [6, 6.07) is 0.906. The van der Waals surface area contributed by atoms with E-state index in [-0.39, 0.29) is 11.8 Å². The first-order valence-corrected chi connectivity index (χ1v) is 11.8. The van der Waals surface area contributed by atoms with E-state index < -0.39 is 0 Å². The number of hydrogen-bond acceptors (Lipinski definition) is 6. The summed E-state index contributed by atoms with van der Waals surface area (Å²) in [6.45, 7) is 8.66. The minimum absolute atomic E-state index is 0.0423. The lowest BCUT2D eigenvalue weighted by molar-refractivity contribution is -0.0602. The summed E-state index contributed by atoms with van der Waals surface area (Å²) in [7, 11) is 0. The molecule has 2 unspecified atom stereocenters. The summed E-state index contributed by atoms with van der Waals surface area (Å²) in [6.07, 6.45) is 9.47. The van der Waals surface area contributed by atoms with Crippen LogP contribution in [0.4, 0.5) is 0 Å². The highest BCUT2D eigenvalue weighted by atomic mass is 16.5. The number of nitrogens with one attached hydrogen (secondary N) is 2. The molecule has 5 saturated heterocycles. The van der Waals surface area contributed by atoms with Gasteiger partial charge in [0.1, 0.15) is 6.23 Å². The van der Waals surface area contributed by atoms with E-state index in [1.807, 2.05) is 0 Å². The number of ether oxygens (including phenoxy) is 3. The molecule has 0 aromatic rings. The third-order valence-electron chi connectivity index (χ3n) is 8.26. The lowest BCUT2D eigenvalue weighted by Gasteiger charge is -2.42. The molecule has 2 N–H and O–H groups in total. The van der Waals surface area contributed by atoms with Gasteiger partial charge in [-0.1, -0.05) is 0 Å². The molecule has 6 heteroatoms. The molecular weight excluding hydrogens is 354 g/mol. The van der Waals surface area contributed by atoms with Gasteiger partial charge in [0.2, 0.25) is 0 Å². The fourth-order valence-electron chi connectivity index (χ4n) is 6.81. The summed E-state index contributed by atoms with van der Waals surface area (Å²) in [5.41, 5.74) is 0.0423. The summed E-state index contributed by atoms with van der Waals surface area (Å²) >= 11 is 0. The summed E-state index contributed by atoms with van der Waals surface area (Å²) < 4.78 is 19.0. The predicted octanol–water partition coefficient (Wildman–Crippen LogP) is 1.74. The molecule has 5 heterocycles. The largest absolute Gasteiger partial charge is 0.378 e. The second-order valence-corrected chi connectivity index (χ2v) is 9.86. The van der Waals surface area contributed by atoms with E-state index in [1.165, 1.54) is 38.5 Å². The van der Waals surface area contributed by atoms with E-state index in [0.29, 0.717) is 24.1 Å². The molecule has 6 rings (SSSR count). The van der Waals surface area contributed by atoms with E-state index in [4.69, 9.17) is 14.2 Å². The fraction of sp³-hybridized carbons (Fsp3) is 1.00. The molecule has 0 aromatic heterocycles. The van der Waals surface area contributed by atoms with Gasteiger partial charge in [-0.05, 0) is 64.3 Å². The van der Waals surface area contributed by atoms with E-state index in [2.05, 4.69) is 22.5 Å². The standard InChI is InChI=1S/C22H39N3O3/c1-16-13-22(15-26-11-9-24-22)20-14-28-18-6-4-17(5-7-18)19-3-2-8-23-21(19)27-12-10-25(16)20/h16-21,23-24H,2-15H2,1H3/t16-,17?,18?,19?,20-,21?,22+/m1/s1. The van der Waals surface area contributed by atoms with E-state index >= 15 is 0 Å². The molecule has 160 valence electrons. The Hall–Kier alpha value is -0.240. The normalized spacial score (nSPS) is 48.3. The molecule has 0 aromatic carbocycles. The Balaban J connectivity index is 1.36. The van der Waals surface area contributed by atoms with Crippen LogP contribution in [0.25, 0.3) is 0 Å². The Morgan fingerprint density at radius 3 is 2.71 bits per heavy atom. The third kappa shape index (κ3) is 3.77. The monoisotopic (exact) mass is 393 g/mol. The molecule has 6 nitrogen and oxygen atoms in total. The second-order valence-electron chi connectivity index (χ2n) is 9.86. The summed E-state index contributed by atoms with van der Waals surface area (Å²) in [5, 5.41) is 7.53. The maximum atomic E-state index is 6.57. The van der Waals surface area contributed by atoms with E-state index in [0.717, 1.165) is 58.4 Å². The van der Waals surface area contributed by atoms with Crippen molar-refractivity contribution in [2.45, 2.75) is 81.8 Å². The van der Waals surface area contributed by atoms with Crippen LogP contribution >= 0.6 is 0 Å². The maximum absolute atomic E-state index is 6.57. The molecular formula is C22H39N3O3. The van der Waals surface area contributed by atoms with Crippen LogP contribution in [0.3, 0.4) is 0 Å².